The number of piperidine rings is 1. The molecule has 2 saturated heterocycles. The number of nitrogens with one attached hydrogen (secondary N) is 1. The minimum Gasteiger partial charge on any atom is -0.316 e. The van der Waals surface area contributed by atoms with Crippen LogP contribution in [0.2, 0.25) is 0 Å². The van der Waals surface area contributed by atoms with Crippen LogP contribution in [-0.2, 0) is 0 Å². The third-order valence-electron chi connectivity index (χ3n) is 4.44. The van der Waals surface area contributed by atoms with Crippen LogP contribution in [0.15, 0.2) is 0 Å². The largest absolute Gasteiger partial charge is 0.316 e. The van der Waals surface area contributed by atoms with E-state index in [0.717, 1.165) is 11.8 Å². The van der Waals surface area contributed by atoms with Gasteiger partial charge < -0.3 is 10.2 Å². The highest BCUT2D eigenvalue weighted by atomic mass is 15.2. The standard InChI is InChI=1S/C12H22N2/c1-12(3-4-13-8-12)9-14-5-2-10-6-11(10)7-14/h10-11,13H,2-9H2,1H3. The Morgan fingerprint density at radius 1 is 1.43 bits per heavy atom. The number of hydrogen-bond donors (Lipinski definition) is 1. The highest BCUT2D eigenvalue weighted by molar-refractivity contribution is 4.95. The van der Waals surface area contributed by atoms with Crippen LogP contribution in [0, 0.1) is 17.3 Å². The van der Waals surface area contributed by atoms with E-state index in [0.29, 0.717) is 5.41 Å². The molecule has 0 radical (unpaired) electrons. The van der Waals surface area contributed by atoms with Gasteiger partial charge in [-0.1, -0.05) is 6.92 Å². The van der Waals surface area contributed by atoms with Gasteiger partial charge in [-0.05, 0) is 49.6 Å². The Morgan fingerprint density at radius 2 is 2.36 bits per heavy atom. The van der Waals surface area contributed by atoms with Crippen LogP contribution < -0.4 is 5.32 Å². The predicted molar refractivity (Wildman–Crippen MR) is 58.2 cm³/mol. The maximum absolute atomic E-state index is 3.50. The quantitative estimate of drug-likeness (QED) is 0.713. The van der Waals surface area contributed by atoms with Gasteiger partial charge >= 0.3 is 0 Å². The fourth-order valence-electron chi connectivity index (χ4n) is 3.35. The van der Waals surface area contributed by atoms with E-state index in [9.17, 15) is 0 Å². The fraction of sp³-hybridized carbons (Fsp3) is 1.00. The van der Waals surface area contributed by atoms with Gasteiger partial charge in [-0.3, -0.25) is 0 Å². The summed E-state index contributed by atoms with van der Waals surface area (Å²) in [7, 11) is 0. The highest BCUT2D eigenvalue weighted by Crippen LogP contribution is 2.45. The van der Waals surface area contributed by atoms with Crippen molar-refractivity contribution in [2.24, 2.45) is 17.3 Å². The molecular formula is C12H22N2. The zero-order valence-electron chi connectivity index (χ0n) is 9.26. The molecule has 3 aliphatic rings. The second-order valence-corrected chi connectivity index (χ2v) is 6.02. The van der Waals surface area contributed by atoms with E-state index in [-0.39, 0.29) is 0 Å². The van der Waals surface area contributed by atoms with Crippen LogP contribution >= 0.6 is 0 Å². The Hall–Kier alpha value is -0.0800. The van der Waals surface area contributed by atoms with Gasteiger partial charge in [0.05, 0.1) is 0 Å². The molecule has 3 atom stereocenters. The van der Waals surface area contributed by atoms with Crippen molar-refractivity contribution in [2.75, 3.05) is 32.7 Å². The van der Waals surface area contributed by atoms with Gasteiger partial charge in [-0.15, -0.1) is 0 Å². The zero-order chi connectivity index (χ0) is 9.60. The number of rotatable bonds is 2. The normalized spacial score (nSPS) is 47.8. The lowest BCUT2D eigenvalue weighted by molar-refractivity contribution is 0.147. The Balaban J connectivity index is 1.55. The van der Waals surface area contributed by atoms with Crippen LogP contribution in [0.25, 0.3) is 0 Å². The first-order valence-corrected chi connectivity index (χ1v) is 6.18. The molecule has 1 N–H and O–H groups in total. The smallest absolute Gasteiger partial charge is 0.00481 e. The average Bonchev–Trinajstić information content (AvgIpc) is 2.80. The minimum absolute atomic E-state index is 0.571. The SMILES string of the molecule is CC1(CN2CCC3CC3C2)CCNC1. The molecule has 2 heteroatoms. The molecule has 0 aromatic rings. The van der Waals surface area contributed by atoms with Crippen molar-refractivity contribution in [1.82, 2.24) is 10.2 Å². The molecule has 0 amide bonds. The number of fused-ring (bicyclic) bond motifs is 1. The first-order chi connectivity index (χ1) is 6.75. The van der Waals surface area contributed by atoms with E-state index in [2.05, 4.69) is 17.1 Å². The minimum atomic E-state index is 0.571. The molecule has 14 heavy (non-hydrogen) atoms. The molecule has 2 nitrogen and oxygen atoms in total. The van der Waals surface area contributed by atoms with Gasteiger partial charge in [0.1, 0.15) is 0 Å². The van der Waals surface area contributed by atoms with E-state index >= 15 is 0 Å². The Labute approximate surface area is 87.0 Å². The highest BCUT2D eigenvalue weighted by Gasteiger charge is 2.42. The zero-order valence-corrected chi connectivity index (χ0v) is 9.26. The summed E-state index contributed by atoms with van der Waals surface area (Å²) >= 11 is 0. The molecule has 1 saturated carbocycles. The van der Waals surface area contributed by atoms with Gasteiger partial charge in [0.25, 0.3) is 0 Å². The molecule has 0 spiro atoms. The summed E-state index contributed by atoms with van der Waals surface area (Å²) in [6.07, 6.45) is 4.39. The first-order valence-electron chi connectivity index (χ1n) is 6.18. The summed E-state index contributed by atoms with van der Waals surface area (Å²) in [5, 5.41) is 3.50. The van der Waals surface area contributed by atoms with Crippen molar-refractivity contribution in [3.8, 4) is 0 Å². The summed E-state index contributed by atoms with van der Waals surface area (Å²) in [5.74, 6) is 2.21. The van der Waals surface area contributed by atoms with E-state index in [1.807, 2.05) is 0 Å². The molecule has 2 heterocycles. The summed E-state index contributed by atoms with van der Waals surface area (Å²) in [6, 6.07) is 0. The number of hydrogen-bond acceptors (Lipinski definition) is 2. The Bertz CT molecular complexity index is 220. The van der Waals surface area contributed by atoms with Crippen molar-refractivity contribution >= 4 is 0 Å². The molecule has 3 fully saturated rings. The molecule has 0 aromatic heterocycles. The summed E-state index contributed by atoms with van der Waals surface area (Å²) < 4.78 is 0. The lowest BCUT2D eigenvalue weighted by Gasteiger charge is -2.34. The topological polar surface area (TPSA) is 15.3 Å². The van der Waals surface area contributed by atoms with E-state index < -0.39 is 0 Å². The Morgan fingerprint density at radius 3 is 3.07 bits per heavy atom. The Kier molecular flexibility index (Phi) is 2.10. The molecule has 3 unspecified atom stereocenters. The molecule has 80 valence electrons. The monoisotopic (exact) mass is 194 g/mol. The van der Waals surface area contributed by atoms with Crippen molar-refractivity contribution in [1.29, 1.82) is 0 Å². The molecule has 0 bridgehead atoms. The lowest BCUT2D eigenvalue weighted by atomic mass is 9.88. The summed E-state index contributed by atoms with van der Waals surface area (Å²) in [4.78, 5) is 2.72. The molecular weight excluding hydrogens is 172 g/mol. The van der Waals surface area contributed by atoms with E-state index in [1.165, 1.54) is 52.0 Å². The number of likely N-dealkylation sites (tertiary alicyclic amines) is 1. The van der Waals surface area contributed by atoms with Crippen molar-refractivity contribution in [3.05, 3.63) is 0 Å². The van der Waals surface area contributed by atoms with E-state index in [4.69, 9.17) is 0 Å². The van der Waals surface area contributed by atoms with Crippen LogP contribution in [-0.4, -0.2) is 37.6 Å². The van der Waals surface area contributed by atoms with Gasteiger partial charge in [0.15, 0.2) is 0 Å². The lowest BCUT2D eigenvalue weighted by Crippen LogP contribution is -2.40. The second-order valence-electron chi connectivity index (χ2n) is 6.02. The van der Waals surface area contributed by atoms with Gasteiger partial charge in [0, 0.05) is 19.6 Å². The van der Waals surface area contributed by atoms with Crippen LogP contribution in [0.4, 0.5) is 0 Å². The van der Waals surface area contributed by atoms with Gasteiger partial charge in [0.2, 0.25) is 0 Å². The van der Waals surface area contributed by atoms with Gasteiger partial charge in [-0.25, -0.2) is 0 Å². The predicted octanol–water partition coefficient (Wildman–Crippen LogP) is 1.33. The van der Waals surface area contributed by atoms with Crippen LogP contribution in [0.5, 0.6) is 0 Å². The summed E-state index contributed by atoms with van der Waals surface area (Å²) in [5.41, 5.74) is 0.571. The summed E-state index contributed by atoms with van der Waals surface area (Å²) in [6.45, 7) is 9.03. The van der Waals surface area contributed by atoms with Crippen molar-refractivity contribution in [3.63, 3.8) is 0 Å². The fourth-order valence-corrected chi connectivity index (χ4v) is 3.35. The van der Waals surface area contributed by atoms with Crippen molar-refractivity contribution in [2.45, 2.75) is 26.2 Å². The number of nitrogens with zero attached hydrogens (tertiary/aromatic N) is 1. The third-order valence-corrected chi connectivity index (χ3v) is 4.44. The maximum Gasteiger partial charge on any atom is 0.00481 e. The molecule has 1 aliphatic carbocycles. The molecule has 3 rings (SSSR count). The third kappa shape index (κ3) is 1.70. The van der Waals surface area contributed by atoms with Crippen LogP contribution in [0.3, 0.4) is 0 Å². The molecule has 2 aliphatic heterocycles. The second kappa shape index (κ2) is 3.21. The van der Waals surface area contributed by atoms with Gasteiger partial charge in [-0.2, -0.15) is 0 Å². The average molecular weight is 194 g/mol. The van der Waals surface area contributed by atoms with E-state index in [1.54, 1.807) is 0 Å². The van der Waals surface area contributed by atoms with Crippen LogP contribution in [0.1, 0.15) is 26.2 Å². The molecule has 0 aromatic carbocycles. The van der Waals surface area contributed by atoms with Crippen molar-refractivity contribution < 1.29 is 0 Å². The maximum atomic E-state index is 3.50. The first kappa shape index (κ1) is 9.17.